The van der Waals surface area contributed by atoms with Crippen LogP contribution in [0.15, 0.2) is 30.3 Å². The van der Waals surface area contributed by atoms with Crippen molar-refractivity contribution in [3.05, 3.63) is 35.9 Å². The number of hydrogen-bond acceptors (Lipinski definition) is 2. The summed E-state index contributed by atoms with van der Waals surface area (Å²) in [7, 11) is -3.20. The normalized spacial score (nSPS) is 14.1. The van der Waals surface area contributed by atoms with Crippen LogP contribution in [-0.4, -0.2) is 13.7 Å². The third kappa shape index (κ3) is 3.32. The molecule has 0 aliphatic rings. The molecule has 0 amide bonds. The van der Waals surface area contributed by atoms with Gasteiger partial charge in [-0.15, -0.1) is 0 Å². The van der Waals surface area contributed by atoms with Gasteiger partial charge in [-0.2, -0.15) is 0 Å². The summed E-state index contributed by atoms with van der Waals surface area (Å²) in [5.74, 6) is 0. The van der Waals surface area contributed by atoms with Crippen molar-refractivity contribution in [2.24, 2.45) is 0 Å². The molecule has 1 rings (SSSR count). The minimum atomic E-state index is -3.20. The Morgan fingerprint density at radius 1 is 1.07 bits per heavy atom. The van der Waals surface area contributed by atoms with Crippen LogP contribution in [0.2, 0.25) is 0 Å². The van der Waals surface area contributed by atoms with Crippen molar-refractivity contribution in [2.45, 2.75) is 32.1 Å². The minimum Gasteiger partial charge on any atom is -0.212 e. The topological polar surface area (TPSA) is 46.2 Å². The fraction of sp³-hybridized carbons (Fsp3) is 0.455. The Morgan fingerprint density at radius 2 is 1.60 bits per heavy atom. The second-order valence-corrected chi connectivity index (χ2v) is 6.11. The van der Waals surface area contributed by atoms with Crippen LogP contribution in [0.3, 0.4) is 0 Å². The van der Waals surface area contributed by atoms with E-state index in [1.165, 1.54) is 0 Å². The quantitative estimate of drug-likeness (QED) is 0.856. The summed E-state index contributed by atoms with van der Waals surface area (Å²) in [5, 5.41) is -0.399. The summed E-state index contributed by atoms with van der Waals surface area (Å²) in [4.78, 5) is 0. The minimum absolute atomic E-state index is 0.182. The maximum Gasteiger partial charge on any atom is 0.214 e. The molecule has 0 bridgehead atoms. The summed E-state index contributed by atoms with van der Waals surface area (Å²) in [5.41, 5.74) is 0.974. The molecule has 1 aromatic carbocycles. The van der Waals surface area contributed by atoms with Gasteiger partial charge in [-0.1, -0.05) is 30.3 Å². The lowest BCUT2D eigenvalue weighted by Crippen LogP contribution is -2.32. The van der Waals surface area contributed by atoms with Gasteiger partial charge in [-0.25, -0.2) is 13.1 Å². The van der Waals surface area contributed by atoms with Crippen molar-refractivity contribution < 1.29 is 8.42 Å². The van der Waals surface area contributed by atoms with E-state index in [2.05, 4.69) is 4.72 Å². The second-order valence-electron chi connectivity index (χ2n) is 3.84. The van der Waals surface area contributed by atoms with Gasteiger partial charge in [0, 0.05) is 6.04 Å². The monoisotopic (exact) mass is 227 g/mol. The first-order valence-electron chi connectivity index (χ1n) is 4.99. The molecule has 1 atom stereocenters. The van der Waals surface area contributed by atoms with Crippen LogP contribution < -0.4 is 4.72 Å². The van der Waals surface area contributed by atoms with Gasteiger partial charge in [0.2, 0.25) is 10.0 Å². The molecule has 1 N–H and O–H groups in total. The van der Waals surface area contributed by atoms with Crippen LogP contribution in [0.25, 0.3) is 0 Å². The molecular weight excluding hydrogens is 210 g/mol. The van der Waals surface area contributed by atoms with Crippen molar-refractivity contribution in [3.8, 4) is 0 Å². The predicted molar refractivity (Wildman–Crippen MR) is 62.0 cm³/mol. The lowest BCUT2D eigenvalue weighted by atomic mass is 10.1. The zero-order valence-electron chi connectivity index (χ0n) is 9.27. The Morgan fingerprint density at radius 3 is 2.07 bits per heavy atom. The van der Waals surface area contributed by atoms with Crippen molar-refractivity contribution in [1.29, 1.82) is 0 Å². The third-order valence-electron chi connectivity index (χ3n) is 2.26. The number of hydrogen-bond donors (Lipinski definition) is 1. The highest BCUT2D eigenvalue weighted by atomic mass is 32.2. The van der Waals surface area contributed by atoms with Gasteiger partial charge in [0.25, 0.3) is 0 Å². The molecule has 3 nitrogen and oxygen atoms in total. The van der Waals surface area contributed by atoms with Crippen LogP contribution in [-0.2, 0) is 10.0 Å². The molecule has 1 aromatic rings. The van der Waals surface area contributed by atoms with Crippen molar-refractivity contribution in [2.75, 3.05) is 0 Å². The molecule has 1 unspecified atom stereocenters. The van der Waals surface area contributed by atoms with E-state index in [1.807, 2.05) is 37.3 Å². The van der Waals surface area contributed by atoms with Gasteiger partial charge in [-0.05, 0) is 26.3 Å². The van der Waals surface area contributed by atoms with E-state index >= 15 is 0 Å². The molecule has 0 heterocycles. The van der Waals surface area contributed by atoms with E-state index in [0.717, 1.165) is 5.56 Å². The van der Waals surface area contributed by atoms with E-state index in [4.69, 9.17) is 0 Å². The van der Waals surface area contributed by atoms with Crippen LogP contribution in [0.5, 0.6) is 0 Å². The molecular formula is C11H17NO2S. The summed E-state index contributed by atoms with van der Waals surface area (Å²) >= 11 is 0. The van der Waals surface area contributed by atoms with Gasteiger partial charge in [0.1, 0.15) is 0 Å². The zero-order chi connectivity index (χ0) is 11.5. The largest absolute Gasteiger partial charge is 0.214 e. The fourth-order valence-electron chi connectivity index (χ4n) is 1.19. The van der Waals surface area contributed by atoms with Crippen LogP contribution in [0.4, 0.5) is 0 Å². The number of benzene rings is 1. The number of rotatable bonds is 4. The van der Waals surface area contributed by atoms with Gasteiger partial charge in [-0.3, -0.25) is 0 Å². The smallest absolute Gasteiger partial charge is 0.212 e. The third-order valence-corrected chi connectivity index (χ3v) is 4.18. The maximum atomic E-state index is 11.6. The van der Waals surface area contributed by atoms with Crippen LogP contribution in [0.1, 0.15) is 32.4 Å². The molecule has 0 saturated carbocycles. The second kappa shape index (κ2) is 4.77. The van der Waals surface area contributed by atoms with Gasteiger partial charge in [0.15, 0.2) is 0 Å². The lowest BCUT2D eigenvalue weighted by Gasteiger charge is -2.16. The fourth-order valence-corrected chi connectivity index (χ4v) is 2.09. The molecule has 4 heteroatoms. The van der Waals surface area contributed by atoms with E-state index in [9.17, 15) is 8.42 Å². The maximum absolute atomic E-state index is 11.6. The standard InChI is InChI=1S/C11H17NO2S/c1-9(2)15(13,14)12-10(3)11-7-5-4-6-8-11/h4-10,12H,1-3H3. The van der Waals surface area contributed by atoms with Crippen molar-refractivity contribution in [3.63, 3.8) is 0 Å². The lowest BCUT2D eigenvalue weighted by molar-refractivity contribution is 0.558. The average molecular weight is 227 g/mol. The first-order valence-corrected chi connectivity index (χ1v) is 6.54. The highest BCUT2D eigenvalue weighted by molar-refractivity contribution is 7.90. The molecule has 0 aliphatic heterocycles. The highest BCUT2D eigenvalue weighted by Gasteiger charge is 2.18. The highest BCUT2D eigenvalue weighted by Crippen LogP contribution is 2.13. The SMILES string of the molecule is CC(NS(=O)(=O)C(C)C)c1ccccc1. The van der Waals surface area contributed by atoms with E-state index < -0.39 is 15.3 Å². The van der Waals surface area contributed by atoms with E-state index in [0.29, 0.717) is 0 Å². The molecule has 0 aliphatic carbocycles. The van der Waals surface area contributed by atoms with E-state index in [1.54, 1.807) is 13.8 Å². The van der Waals surface area contributed by atoms with E-state index in [-0.39, 0.29) is 6.04 Å². The Kier molecular flexibility index (Phi) is 3.88. The van der Waals surface area contributed by atoms with Gasteiger partial charge in [0.05, 0.1) is 5.25 Å². The first-order chi connectivity index (χ1) is 6.93. The van der Waals surface area contributed by atoms with Crippen LogP contribution >= 0.6 is 0 Å². The van der Waals surface area contributed by atoms with Gasteiger partial charge >= 0.3 is 0 Å². The molecule has 0 spiro atoms. The molecule has 84 valence electrons. The number of nitrogens with one attached hydrogen (secondary N) is 1. The Balaban J connectivity index is 2.77. The molecule has 0 saturated heterocycles. The molecule has 15 heavy (non-hydrogen) atoms. The molecule has 0 aromatic heterocycles. The molecule has 0 fully saturated rings. The first kappa shape index (κ1) is 12.2. The molecule has 0 radical (unpaired) electrons. The Hall–Kier alpha value is -0.870. The van der Waals surface area contributed by atoms with Crippen molar-refractivity contribution >= 4 is 10.0 Å². The Bertz CT molecular complexity index is 398. The average Bonchev–Trinajstić information content (AvgIpc) is 2.18. The summed E-state index contributed by atoms with van der Waals surface area (Å²) in [6.45, 7) is 5.18. The zero-order valence-corrected chi connectivity index (χ0v) is 10.1. The number of sulfonamides is 1. The van der Waals surface area contributed by atoms with Crippen molar-refractivity contribution in [1.82, 2.24) is 4.72 Å². The summed E-state index contributed by atoms with van der Waals surface area (Å²) in [6, 6.07) is 9.35. The van der Waals surface area contributed by atoms with Crippen LogP contribution in [0, 0.1) is 0 Å². The predicted octanol–water partition coefficient (Wildman–Crippen LogP) is 2.08. The summed E-state index contributed by atoms with van der Waals surface area (Å²) in [6.07, 6.45) is 0. The summed E-state index contributed by atoms with van der Waals surface area (Å²) < 4.78 is 25.9. The van der Waals surface area contributed by atoms with Gasteiger partial charge < -0.3 is 0 Å². The Labute approximate surface area is 91.6 Å².